The molecule has 1 aromatic carbocycles. The molecule has 0 fully saturated rings. The van der Waals surface area contributed by atoms with E-state index < -0.39 is 0 Å². The number of hydrogen-bond donors (Lipinski definition) is 1. The quantitative estimate of drug-likeness (QED) is 0.888. The average molecular weight is 292 g/mol. The molecule has 0 spiro atoms. The zero-order chi connectivity index (χ0) is 15.3. The van der Waals surface area contributed by atoms with E-state index in [0.29, 0.717) is 25.4 Å². The third-order valence-corrected chi connectivity index (χ3v) is 2.79. The largest absolute Gasteiger partial charge is 0.492 e. The third-order valence-electron chi connectivity index (χ3n) is 2.79. The molecule has 21 heavy (non-hydrogen) atoms. The van der Waals surface area contributed by atoms with E-state index in [9.17, 15) is 4.39 Å². The van der Waals surface area contributed by atoms with Gasteiger partial charge in [-0.3, -0.25) is 0 Å². The van der Waals surface area contributed by atoms with E-state index in [0.717, 1.165) is 5.69 Å². The molecule has 1 N–H and O–H groups in total. The number of rotatable bonds is 6. The van der Waals surface area contributed by atoms with Crippen LogP contribution in [0, 0.1) is 5.82 Å². The summed E-state index contributed by atoms with van der Waals surface area (Å²) in [6, 6.07) is 5.97. The van der Waals surface area contributed by atoms with Crippen molar-refractivity contribution >= 4 is 0 Å². The van der Waals surface area contributed by atoms with Crippen LogP contribution >= 0.6 is 0 Å². The van der Waals surface area contributed by atoms with Crippen LogP contribution in [-0.2, 0) is 13.1 Å². The van der Waals surface area contributed by atoms with E-state index in [-0.39, 0.29) is 11.4 Å². The van der Waals surface area contributed by atoms with E-state index in [2.05, 4.69) is 36.4 Å². The van der Waals surface area contributed by atoms with Gasteiger partial charge in [-0.05, 0) is 45.0 Å². The van der Waals surface area contributed by atoms with Crippen LogP contribution in [-0.4, -0.2) is 27.1 Å². The zero-order valence-electron chi connectivity index (χ0n) is 12.6. The van der Waals surface area contributed by atoms with Crippen molar-refractivity contribution in [1.82, 2.24) is 20.3 Å². The van der Waals surface area contributed by atoms with Gasteiger partial charge in [0.25, 0.3) is 0 Å². The van der Waals surface area contributed by atoms with Gasteiger partial charge in [0.15, 0.2) is 0 Å². The van der Waals surface area contributed by atoms with Gasteiger partial charge in [-0.2, -0.15) is 0 Å². The number of hydrogen-bond acceptors (Lipinski definition) is 4. The molecule has 1 aromatic heterocycles. The zero-order valence-corrected chi connectivity index (χ0v) is 12.6. The summed E-state index contributed by atoms with van der Waals surface area (Å²) in [5.74, 6) is 0.376. The van der Waals surface area contributed by atoms with E-state index in [1.807, 2.05) is 6.20 Å². The van der Waals surface area contributed by atoms with E-state index >= 15 is 0 Å². The first-order chi connectivity index (χ1) is 9.92. The molecule has 114 valence electrons. The van der Waals surface area contributed by atoms with Crippen molar-refractivity contribution in [1.29, 1.82) is 0 Å². The Morgan fingerprint density at radius 3 is 2.62 bits per heavy atom. The van der Waals surface area contributed by atoms with E-state index in [4.69, 9.17) is 4.74 Å². The van der Waals surface area contributed by atoms with Crippen LogP contribution in [0.1, 0.15) is 26.5 Å². The Morgan fingerprint density at radius 2 is 1.95 bits per heavy atom. The minimum atomic E-state index is -0.269. The molecule has 0 bridgehead atoms. The summed E-state index contributed by atoms with van der Waals surface area (Å²) in [7, 11) is 0. The normalized spacial score (nSPS) is 11.6. The predicted molar refractivity (Wildman–Crippen MR) is 78.5 cm³/mol. The number of aromatic nitrogens is 3. The highest BCUT2D eigenvalue weighted by molar-refractivity contribution is 5.21. The first-order valence-electron chi connectivity index (χ1n) is 6.95. The fraction of sp³-hybridized carbons (Fsp3) is 0.467. The Kier molecular flexibility index (Phi) is 4.90. The molecule has 2 rings (SSSR count). The highest BCUT2D eigenvalue weighted by atomic mass is 19.1. The summed E-state index contributed by atoms with van der Waals surface area (Å²) in [6.07, 6.45) is 1.90. The van der Waals surface area contributed by atoms with E-state index in [1.54, 1.807) is 16.8 Å². The Balaban J connectivity index is 1.76. The fourth-order valence-electron chi connectivity index (χ4n) is 1.67. The molecule has 0 atom stereocenters. The highest BCUT2D eigenvalue weighted by Crippen LogP contribution is 2.10. The number of ether oxygens (including phenoxy) is 1. The Morgan fingerprint density at radius 1 is 1.24 bits per heavy atom. The number of nitrogens with one attached hydrogen (secondary N) is 1. The van der Waals surface area contributed by atoms with Crippen LogP contribution in [0.25, 0.3) is 0 Å². The van der Waals surface area contributed by atoms with E-state index in [1.165, 1.54) is 12.1 Å². The second kappa shape index (κ2) is 6.67. The summed E-state index contributed by atoms with van der Waals surface area (Å²) < 4.78 is 20.0. The minimum Gasteiger partial charge on any atom is -0.492 e. The van der Waals surface area contributed by atoms with Gasteiger partial charge in [0.2, 0.25) is 0 Å². The molecule has 5 nitrogen and oxygen atoms in total. The lowest BCUT2D eigenvalue weighted by Gasteiger charge is -2.19. The first-order valence-corrected chi connectivity index (χ1v) is 6.95. The van der Waals surface area contributed by atoms with Crippen LogP contribution in [0.15, 0.2) is 30.5 Å². The van der Waals surface area contributed by atoms with Crippen molar-refractivity contribution in [2.75, 3.05) is 6.61 Å². The lowest BCUT2D eigenvalue weighted by Crippen LogP contribution is -2.35. The summed E-state index contributed by atoms with van der Waals surface area (Å²) in [5, 5.41) is 11.5. The molecule has 0 amide bonds. The van der Waals surface area contributed by atoms with Gasteiger partial charge < -0.3 is 10.1 Å². The molecule has 0 aliphatic heterocycles. The van der Waals surface area contributed by atoms with Crippen molar-refractivity contribution in [2.45, 2.75) is 39.4 Å². The van der Waals surface area contributed by atoms with Gasteiger partial charge in [0.1, 0.15) is 18.2 Å². The molecule has 6 heteroatoms. The highest BCUT2D eigenvalue weighted by Gasteiger charge is 2.10. The Labute approximate surface area is 124 Å². The van der Waals surface area contributed by atoms with Gasteiger partial charge in [-0.15, -0.1) is 5.10 Å². The Bertz CT molecular complexity index is 560. The number of nitrogens with zero attached hydrogens (tertiary/aromatic N) is 3. The maximum absolute atomic E-state index is 12.7. The average Bonchev–Trinajstić information content (AvgIpc) is 2.86. The molecule has 0 aliphatic rings. The Hall–Kier alpha value is -1.95. The van der Waals surface area contributed by atoms with Crippen molar-refractivity contribution in [2.24, 2.45) is 0 Å². The lowest BCUT2D eigenvalue weighted by molar-refractivity contribution is 0.289. The van der Waals surface area contributed by atoms with Crippen LogP contribution in [0.2, 0.25) is 0 Å². The smallest absolute Gasteiger partial charge is 0.123 e. The molecule has 1 heterocycles. The fourth-order valence-corrected chi connectivity index (χ4v) is 1.67. The topological polar surface area (TPSA) is 52.0 Å². The minimum absolute atomic E-state index is 0.0511. The second-order valence-electron chi connectivity index (χ2n) is 5.88. The van der Waals surface area contributed by atoms with Crippen LogP contribution in [0.4, 0.5) is 4.39 Å². The van der Waals surface area contributed by atoms with Crippen LogP contribution < -0.4 is 10.1 Å². The molecule has 0 unspecified atom stereocenters. The monoisotopic (exact) mass is 292 g/mol. The van der Waals surface area contributed by atoms with Gasteiger partial charge in [-0.1, -0.05) is 5.21 Å². The van der Waals surface area contributed by atoms with Crippen molar-refractivity contribution in [3.05, 3.63) is 42.0 Å². The summed E-state index contributed by atoms with van der Waals surface area (Å²) in [4.78, 5) is 0. The summed E-state index contributed by atoms with van der Waals surface area (Å²) in [5.41, 5.74) is 0.946. The van der Waals surface area contributed by atoms with Gasteiger partial charge in [0, 0.05) is 18.3 Å². The summed E-state index contributed by atoms with van der Waals surface area (Å²) in [6.45, 7) is 8.05. The lowest BCUT2D eigenvalue weighted by atomic mass is 10.1. The standard InChI is InChI=1S/C15H21FN4O/c1-15(2,3)17-10-13-11-20(19-18-13)8-9-21-14-6-4-12(16)5-7-14/h4-7,11,17H,8-10H2,1-3H3. The molecule has 0 saturated heterocycles. The SMILES string of the molecule is CC(C)(C)NCc1cn(CCOc2ccc(F)cc2)nn1. The summed E-state index contributed by atoms with van der Waals surface area (Å²) >= 11 is 0. The van der Waals surface area contributed by atoms with Crippen molar-refractivity contribution in [3.63, 3.8) is 0 Å². The number of halogens is 1. The molecule has 2 aromatic rings. The van der Waals surface area contributed by atoms with Crippen molar-refractivity contribution in [3.8, 4) is 5.75 Å². The molecular formula is C15H21FN4O. The predicted octanol–water partition coefficient (Wildman–Crippen LogP) is 2.38. The molecule has 0 saturated carbocycles. The number of benzene rings is 1. The molecule has 0 aliphatic carbocycles. The van der Waals surface area contributed by atoms with Gasteiger partial charge in [-0.25, -0.2) is 9.07 Å². The third kappa shape index (κ3) is 5.51. The molecular weight excluding hydrogens is 271 g/mol. The van der Waals surface area contributed by atoms with Crippen molar-refractivity contribution < 1.29 is 9.13 Å². The molecule has 0 radical (unpaired) electrons. The maximum atomic E-state index is 12.7. The first kappa shape index (κ1) is 15.4. The van der Waals surface area contributed by atoms with Gasteiger partial charge >= 0.3 is 0 Å². The van der Waals surface area contributed by atoms with Crippen LogP contribution in [0.3, 0.4) is 0 Å². The van der Waals surface area contributed by atoms with Crippen LogP contribution in [0.5, 0.6) is 5.75 Å². The van der Waals surface area contributed by atoms with Gasteiger partial charge in [0.05, 0.1) is 12.2 Å². The maximum Gasteiger partial charge on any atom is 0.123 e. The second-order valence-corrected chi connectivity index (χ2v) is 5.88.